The number of carbonyl (C=O) groups is 1. The third-order valence-corrected chi connectivity index (χ3v) is 3.38. The number of piperazine rings is 1. The maximum atomic E-state index is 12.4. The third-order valence-electron chi connectivity index (χ3n) is 3.19. The molecule has 0 unspecified atom stereocenters. The summed E-state index contributed by atoms with van der Waals surface area (Å²) >= 11 is 5.96. The quantitative estimate of drug-likeness (QED) is 0.855. The number of likely N-dealkylation sites (N-methyl/N-ethyl adjacent to an activating group) is 1. The zero-order chi connectivity index (χ0) is 13.8. The number of rotatable bonds is 3. The van der Waals surface area contributed by atoms with Crippen LogP contribution >= 0.6 is 11.6 Å². The summed E-state index contributed by atoms with van der Waals surface area (Å²) in [5.41, 5.74) is 0.598. The van der Waals surface area contributed by atoms with Crippen molar-refractivity contribution in [3.63, 3.8) is 0 Å². The Bertz CT molecular complexity index is 458. The highest BCUT2D eigenvalue weighted by Crippen LogP contribution is 2.17. The fourth-order valence-electron chi connectivity index (χ4n) is 2.08. The number of hydrogen-bond acceptors (Lipinski definition) is 4. The van der Waals surface area contributed by atoms with Crippen molar-refractivity contribution in [3.8, 4) is 0 Å². The normalized spacial score (nSPS) is 16.5. The molecular formula is C13H19ClN4O. The molecule has 1 aromatic heterocycles. The molecule has 0 radical (unpaired) electrons. The van der Waals surface area contributed by atoms with Crippen LogP contribution in [0.1, 0.15) is 17.3 Å². The number of pyridine rings is 1. The monoisotopic (exact) mass is 282 g/mol. The molecule has 1 aromatic rings. The minimum absolute atomic E-state index is 0.0246. The Balaban J connectivity index is 2.14. The highest BCUT2D eigenvalue weighted by atomic mass is 35.5. The fraction of sp³-hybridized carbons (Fsp3) is 0.538. The van der Waals surface area contributed by atoms with Gasteiger partial charge in [0.2, 0.25) is 0 Å². The molecule has 0 aromatic carbocycles. The first kappa shape index (κ1) is 14.1. The van der Waals surface area contributed by atoms with E-state index in [-0.39, 0.29) is 5.91 Å². The second-order valence-corrected chi connectivity index (χ2v) is 5.08. The lowest BCUT2D eigenvalue weighted by Gasteiger charge is -2.32. The van der Waals surface area contributed by atoms with E-state index in [2.05, 4.69) is 22.2 Å². The van der Waals surface area contributed by atoms with Crippen LogP contribution in [0.2, 0.25) is 5.15 Å². The molecule has 5 nitrogen and oxygen atoms in total. The summed E-state index contributed by atoms with van der Waals surface area (Å²) in [6.07, 6.45) is 0. The van der Waals surface area contributed by atoms with Gasteiger partial charge in [-0.15, -0.1) is 0 Å². The van der Waals surface area contributed by atoms with E-state index in [1.54, 1.807) is 12.1 Å². The van der Waals surface area contributed by atoms with Crippen LogP contribution in [-0.2, 0) is 0 Å². The molecule has 1 fully saturated rings. The molecule has 1 N–H and O–H groups in total. The van der Waals surface area contributed by atoms with E-state index in [1.807, 2.05) is 11.8 Å². The molecule has 0 saturated carbocycles. The van der Waals surface area contributed by atoms with Crippen molar-refractivity contribution in [2.75, 3.05) is 45.1 Å². The lowest BCUT2D eigenvalue weighted by atomic mass is 10.2. The molecule has 0 aliphatic carbocycles. The predicted octanol–water partition coefficient (Wildman–Crippen LogP) is 1.55. The lowest BCUT2D eigenvalue weighted by molar-refractivity contribution is 0.0664. The summed E-state index contributed by atoms with van der Waals surface area (Å²) < 4.78 is 0. The maximum Gasteiger partial charge on any atom is 0.254 e. The number of nitrogens with zero attached hydrogens (tertiary/aromatic N) is 3. The van der Waals surface area contributed by atoms with E-state index >= 15 is 0 Å². The Hall–Kier alpha value is -1.33. The highest BCUT2D eigenvalue weighted by Gasteiger charge is 2.21. The third kappa shape index (κ3) is 3.58. The van der Waals surface area contributed by atoms with Gasteiger partial charge in [0, 0.05) is 38.3 Å². The molecule has 19 heavy (non-hydrogen) atoms. The molecular weight excluding hydrogens is 264 g/mol. The van der Waals surface area contributed by atoms with Gasteiger partial charge >= 0.3 is 0 Å². The number of nitrogens with one attached hydrogen (secondary N) is 1. The standard InChI is InChI=1S/C13H19ClN4O/c1-3-15-12-9-10(8-11(14)16-12)13(19)18-6-4-17(2)5-7-18/h8-9H,3-7H2,1-2H3,(H,15,16). The number of anilines is 1. The van der Waals surface area contributed by atoms with Gasteiger partial charge in [-0.25, -0.2) is 4.98 Å². The zero-order valence-corrected chi connectivity index (χ0v) is 12.1. The van der Waals surface area contributed by atoms with E-state index < -0.39 is 0 Å². The summed E-state index contributed by atoms with van der Waals surface area (Å²) in [6.45, 7) is 6.05. The van der Waals surface area contributed by atoms with E-state index in [0.29, 0.717) is 16.5 Å². The Kier molecular flexibility index (Phi) is 4.61. The first-order valence-electron chi connectivity index (χ1n) is 6.49. The summed E-state index contributed by atoms with van der Waals surface area (Å²) in [5, 5.41) is 3.42. The molecule has 0 spiro atoms. The maximum absolute atomic E-state index is 12.4. The van der Waals surface area contributed by atoms with Gasteiger partial charge in [0.05, 0.1) is 0 Å². The summed E-state index contributed by atoms with van der Waals surface area (Å²) in [6, 6.07) is 3.39. The van der Waals surface area contributed by atoms with Crippen molar-refractivity contribution in [1.82, 2.24) is 14.8 Å². The second-order valence-electron chi connectivity index (χ2n) is 4.69. The van der Waals surface area contributed by atoms with Crippen molar-refractivity contribution in [2.45, 2.75) is 6.92 Å². The molecule has 6 heteroatoms. The molecule has 1 saturated heterocycles. The van der Waals surface area contributed by atoms with Gasteiger partial charge in [-0.1, -0.05) is 11.6 Å². The van der Waals surface area contributed by atoms with Crippen molar-refractivity contribution >= 4 is 23.3 Å². The molecule has 1 aliphatic rings. The molecule has 0 atom stereocenters. The Morgan fingerprint density at radius 3 is 2.68 bits per heavy atom. The Morgan fingerprint density at radius 1 is 1.37 bits per heavy atom. The molecule has 0 bridgehead atoms. The smallest absolute Gasteiger partial charge is 0.254 e. The van der Waals surface area contributed by atoms with Crippen LogP contribution in [0.25, 0.3) is 0 Å². The van der Waals surface area contributed by atoms with Crippen LogP contribution in [0.15, 0.2) is 12.1 Å². The number of halogens is 1. The van der Waals surface area contributed by atoms with Crippen LogP contribution < -0.4 is 5.32 Å². The summed E-state index contributed by atoms with van der Waals surface area (Å²) in [5.74, 6) is 0.670. The number of hydrogen-bond donors (Lipinski definition) is 1. The highest BCUT2D eigenvalue weighted by molar-refractivity contribution is 6.29. The van der Waals surface area contributed by atoms with E-state index in [9.17, 15) is 4.79 Å². The van der Waals surface area contributed by atoms with Crippen molar-refractivity contribution in [2.24, 2.45) is 0 Å². The molecule has 2 heterocycles. The van der Waals surface area contributed by atoms with Gasteiger partial charge in [0.1, 0.15) is 11.0 Å². The average molecular weight is 283 g/mol. The molecule has 2 rings (SSSR count). The van der Waals surface area contributed by atoms with E-state index in [0.717, 1.165) is 32.7 Å². The minimum atomic E-state index is 0.0246. The Morgan fingerprint density at radius 2 is 2.05 bits per heavy atom. The van der Waals surface area contributed by atoms with E-state index in [4.69, 9.17) is 11.6 Å². The van der Waals surface area contributed by atoms with Crippen LogP contribution in [0.4, 0.5) is 5.82 Å². The number of aromatic nitrogens is 1. The first-order valence-corrected chi connectivity index (χ1v) is 6.87. The van der Waals surface area contributed by atoms with Gasteiger partial charge < -0.3 is 15.1 Å². The first-order chi connectivity index (χ1) is 9.10. The van der Waals surface area contributed by atoms with Gasteiger partial charge in [-0.3, -0.25) is 4.79 Å². The number of amides is 1. The molecule has 1 aliphatic heterocycles. The Labute approximate surface area is 118 Å². The van der Waals surface area contributed by atoms with Crippen LogP contribution in [0, 0.1) is 0 Å². The SMILES string of the molecule is CCNc1cc(C(=O)N2CCN(C)CC2)cc(Cl)n1. The number of carbonyl (C=O) groups excluding carboxylic acids is 1. The molecule has 1 amide bonds. The summed E-state index contributed by atoms with van der Waals surface area (Å²) in [4.78, 5) is 20.6. The predicted molar refractivity (Wildman–Crippen MR) is 76.8 cm³/mol. The minimum Gasteiger partial charge on any atom is -0.370 e. The topological polar surface area (TPSA) is 48.5 Å². The van der Waals surface area contributed by atoms with Gasteiger partial charge in [-0.2, -0.15) is 0 Å². The van der Waals surface area contributed by atoms with Crippen LogP contribution in [-0.4, -0.2) is 60.5 Å². The second kappa shape index (κ2) is 6.21. The van der Waals surface area contributed by atoms with Crippen LogP contribution in [0.3, 0.4) is 0 Å². The van der Waals surface area contributed by atoms with Crippen molar-refractivity contribution in [3.05, 3.63) is 22.8 Å². The zero-order valence-electron chi connectivity index (χ0n) is 11.3. The largest absolute Gasteiger partial charge is 0.370 e. The van der Waals surface area contributed by atoms with Crippen LogP contribution in [0.5, 0.6) is 0 Å². The van der Waals surface area contributed by atoms with Crippen molar-refractivity contribution < 1.29 is 4.79 Å². The lowest BCUT2D eigenvalue weighted by Crippen LogP contribution is -2.47. The van der Waals surface area contributed by atoms with Gasteiger partial charge in [0.25, 0.3) is 5.91 Å². The summed E-state index contributed by atoms with van der Waals surface area (Å²) in [7, 11) is 2.06. The van der Waals surface area contributed by atoms with E-state index in [1.165, 1.54) is 0 Å². The molecule has 104 valence electrons. The average Bonchev–Trinajstić information content (AvgIpc) is 2.38. The van der Waals surface area contributed by atoms with Gasteiger partial charge in [-0.05, 0) is 26.1 Å². The van der Waals surface area contributed by atoms with Gasteiger partial charge in [0.15, 0.2) is 0 Å². The fourth-order valence-corrected chi connectivity index (χ4v) is 2.29. The van der Waals surface area contributed by atoms with Crippen molar-refractivity contribution in [1.29, 1.82) is 0 Å².